The average molecular weight is 582 g/mol. The first-order valence-corrected chi connectivity index (χ1v) is 16.4. The molecule has 0 bridgehead atoms. The number of piperidine rings is 1. The summed E-state index contributed by atoms with van der Waals surface area (Å²) in [5.41, 5.74) is 2.55. The molecule has 40 heavy (non-hydrogen) atoms. The maximum atomic E-state index is 13.2. The van der Waals surface area contributed by atoms with Crippen molar-refractivity contribution >= 4 is 27.1 Å². The third-order valence-electron chi connectivity index (χ3n) is 8.58. The molecule has 0 aromatic carbocycles. The van der Waals surface area contributed by atoms with Crippen LogP contribution < -0.4 is 5.32 Å². The van der Waals surface area contributed by atoms with E-state index >= 15 is 0 Å². The number of thiophene rings is 1. The van der Waals surface area contributed by atoms with Crippen LogP contribution in [-0.4, -0.2) is 58.6 Å². The second-order valence-electron chi connectivity index (χ2n) is 11.3. The van der Waals surface area contributed by atoms with Crippen molar-refractivity contribution in [1.82, 2.24) is 25.2 Å². The fourth-order valence-electron chi connectivity index (χ4n) is 5.87. The van der Waals surface area contributed by atoms with Crippen molar-refractivity contribution in [3.8, 4) is 0 Å². The molecular formula is C29H35N5O4S2. The largest absolute Gasteiger partial charge is 0.363 e. The molecule has 1 aliphatic carbocycles. The lowest BCUT2D eigenvalue weighted by atomic mass is 9.82. The monoisotopic (exact) mass is 581 g/mol. The molecule has 9 nitrogen and oxygen atoms in total. The second-order valence-corrected chi connectivity index (χ2v) is 14.6. The van der Waals surface area contributed by atoms with E-state index in [0.29, 0.717) is 10.6 Å². The molecule has 3 aromatic rings. The van der Waals surface area contributed by atoms with Crippen molar-refractivity contribution < 1.29 is 17.9 Å². The Balaban J connectivity index is 1.15. The van der Waals surface area contributed by atoms with Gasteiger partial charge in [0.2, 0.25) is 0 Å². The van der Waals surface area contributed by atoms with Crippen LogP contribution in [0.4, 0.5) is 0 Å². The summed E-state index contributed by atoms with van der Waals surface area (Å²) >= 11 is 1.55. The van der Waals surface area contributed by atoms with E-state index in [4.69, 9.17) is 4.74 Å². The fraction of sp³-hybridized carbons (Fsp3) is 0.517. The van der Waals surface area contributed by atoms with Crippen LogP contribution in [0.1, 0.15) is 82.8 Å². The van der Waals surface area contributed by atoms with E-state index in [9.17, 15) is 13.2 Å². The molecular weight excluding hydrogens is 546 g/mol. The van der Waals surface area contributed by atoms with E-state index in [0.717, 1.165) is 56.6 Å². The lowest BCUT2D eigenvalue weighted by molar-refractivity contribution is -0.152. The molecule has 3 aliphatic rings. The van der Waals surface area contributed by atoms with Crippen molar-refractivity contribution in [1.29, 1.82) is 0 Å². The minimum absolute atomic E-state index is 0.0268. The van der Waals surface area contributed by atoms with Gasteiger partial charge in [0.05, 0.1) is 33.4 Å². The zero-order chi connectivity index (χ0) is 28.1. The number of hydrogen-bond acceptors (Lipinski definition) is 9. The summed E-state index contributed by atoms with van der Waals surface area (Å²) in [4.78, 5) is 30.8. The van der Waals surface area contributed by atoms with Gasteiger partial charge in [-0.3, -0.25) is 14.7 Å². The number of nitrogens with zero attached hydrogens (tertiary/aromatic N) is 4. The summed E-state index contributed by atoms with van der Waals surface area (Å²) in [6.45, 7) is 7.75. The Labute approximate surface area is 239 Å². The number of carbonyl (C=O) groups excluding carboxylic acids is 1. The van der Waals surface area contributed by atoms with Gasteiger partial charge in [-0.05, 0) is 63.3 Å². The Bertz CT molecular complexity index is 1510. The number of likely N-dealkylation sites (tertiary alicyclic amines) is 1. The Morgan fingerprint density at radius 1 is 1.12 bits per heavy atom. The van der Waals surface area contributed by atoms with Gasteiger partial charge in [0.25, 0.3) is 5.91 Å². The molecule has 5 heterocycles. The van der Waals surface area contributed by atoms with Gasteiger partial charge >= 0.3 is 0 Å². The number of hydrogen-bond donors (Lipinski definition) is 1. The van der Waals surface area contributed by atoms with E-state index in [-0.39, 0.29) is 40.3 Å². The summed E-state index contributed by atoms with van der Waals surface area (Å²) in [6.07, 6.45) is 9.99. The summed E-state index contributed by atoms with van der Waals surface area (Å²) in [5, 5.41) is 2.97. The fourth-order valence-corrected chi connectivity index (χ4v) is 7.98. The highest BCUT2D eigenvalue weighted by molar-refractivity contribution is 7.91. The van der Waals surface area contributed by atoms with Crippen LogP contribution in [0.25, 0.3) is 0 Å². The van der Waals surface area contributed by atoms with Crippen molar-refractivity contribution in [2.24, 2.45) is 0 Å². The third-order valence-corrected chi connectivity index (χ3v) is 11.7. The summed E-state index contributed by atoms with van der Waals surface area (Å²) in [6, 6.07) is 5.49. The minimum atomic E-state index is -3.30. The number of sulfone groups is 1. The summed E-state index contributed by atoms with van der Waals surface area (Å²) in [7, 11) is -3.30. The smallest absolute Gasteiger partial charge is 0.261 e. The predicted molar refractivity (Wildman–Crippen MR) is 152 cm³/mol. The van der Waals surface area contributed by atoms with E-state index in [2.05, 4.69) is 38.2 Å². The zero-order valence-electron chi connectivity index (χ0n) is 23.1. The van der Waals surface area contributed by atoms with Crippen LogP contribution in [0.2, 0.25) is 0 Å². The van der Waals surface area contributed by atoms with Crippen LogP contribution in [0.15, 0.2) is 41.7 Å². The number of rotatable bonds is 7. The number of ether oxygens (including phenoxy) is 1. The number of amides is 1. The molecule has 1 N–H and O–H groups in total. The number of pyridine rings is 1. The van der Waals surface area contributed by atoms with E-state index in [1.807, 2.05) is 19.3 Å². The van der Waals surface area contributed by atoms with Gasteiger partial charge in [0, 0.05) is 54.6 Å². The van der Waals surface area contributed by atoms with Gasteiger partial charge in [-0.15, -0.1) is 11.3 Å². The van der Waals surface area contributed by atoms with Crippen molar-refractivity contribution in [2.45, 2.75) is 81.6 Å². The highest BCUT2D eigenvalue weighted by Crippen LogP contribution is 2.57. The second kappa shape index (κ2) is 10.3. The number of aryl methyl sites for hydroxylation is 1. The number of nitrogens with one attached hydrogen (secondary N) is 1. The Hall–Kier alpha value is -2.73. The first-order valence-electron chi connectivity index (χ1n) is 13.9. The lowest BCUT2D eigenvalue weighted by Gasteiger charge is -2.47. The first-order chi connectivity index (χ1) is 19.1. The van der Waals surface area contributed by atoms with Gasteiger partial charge in [-0.1, -0.05) is 6.92 Å². The Kier molecular flexibility index (Phi) is 7.05. The molecule has 1 saturated carbocycles. The zero-order valence-corrected chi connectivity index (χ0v) is 24.8. The molecule has 2 aliphatic heterocycles. The third kappa shape index (κ3) is 5.20. The number of fused-ring (bicyclic) bond motifs is 2. The van der Waals surface area contributed by atoms with Crippen LogP contribution in [0, 0.1) is 6.92 Å². The molecule has 1 amide bonds. The SMILES string of the molecule is CCS(=O)(=O)c1ccc(CNC(=O)c2cc3c(s2)C2(CCN(C(C)c4cnc(C)nc4)CC2)OC2(CC2)C3)nc1. The van der Waals surface area contributed by atoms with Gasteiger partial charge in [0.1, 0.15) is 11.4 Å². The van der Waals surface area contributed by atoms with E-state index in [1.165, 1.54) is 16.6 Å². The number of carbonyl (C=O) groups is 1. The van der Waals surface area contributed by atoms with Crippen LogP contribution in [0.5, 0.6) is 0 Å². The molecule has 0 radical (unpaired) electrons. The molecule has 3 aromatic heterocycles. The molecule has 1 atom stereocenters. The molecule has 212 valence electrons. The molecule has 1 unspecified atom stereocenters. The maximum absolute atomic E-state index is 13.2. The Morgan fingerprint density at radius 2 is 1.85 bits per heavy atom. The lowest BCUT2D eigenvalue weighted by Crippen LogP contribution is -2.49. The van der Waals surface area contributed by atoms with Gasteiger partial charge in [-0.2, -0.15) is 0 Å². The molecule has 2 fully saturated rings. The quantitative estimate of drug-likeness (QED) is 0.443. The van der Waals surface area contributed by atoms with Gasteiger partial charge in [0.15, 0.2) is 9.84 Å². The topological polar surface area (TPSA) is 114 Å². The summed E-state index contributed by atoms with van der Waals surface area (Å²) in [5.74, 6) is 0.663. The normalized spacial score (nSPS) is 20.3. The van der Waals surface area contributed by atoms with Crippen LogP contribution in [0.3, 0.4) is 0 Å². The molecule has 6 rings (SSSR count). The van der Waals surface area contributed by atoms with Crippen molar-refractivity contribution in [3.05, 3.63) is 69.2 Å². The average Bonchev–Trinajstić information content (AvgIpc) is 3.55. The van der Waals surface area contributed by atoms with Crippen LogP contribution in [-0.2, 0) is 33.1 Å². The van der Waals surface area contributed by atoms with E-state index < -0.39 is 9.84 Å². The first kappa shape index (κ1) is 27.4. The van der Waals surface area contributed by atoms with Gasteiger partial charge in [-0.25, -0.2) is 18.4 Å². The van der Waals surface area contributed by atoms with Crippen molar-refractivity contribution in [2.75, 3.05) is 18.8 Å². The molecule has 2 spiro atoms. The molecule has 1 saturated heterocycles. The number of aromatic nitrogens is 3. The highest BCUT2D eigenvalue weighted by Gasteiger charge is 2.56. The Morgan fingerprint density at radius 3 is 2.48 bits per heavy atom. The minimum Gasteiger partial charge on any atom is -0.363 e. The standard InChI is InChI=1S/C29H35N5O4S2/c1-4-40(36,37)24-6-5-23(32-18-24)17-33-27(35)25-13-21-14-28(7-8-28)38-29(26(21)39-25)9-11-34(12-10-29)19(2)22-15-30-20(3)31-16-22/h5-6,13,15-16,18-19H,4,7-12,14,17H2,1-3H3,(H,33,35). The highest BCUT2D eigenvalue weighted by atomic mass is 32.2. The van der Waals surface area contributed by atoms with Crippen LogP contribution >= 0.6 is 11.3 Å². The van der Waals surface area contributed by atoms with E-state index in [1.54, 1.807) is 30.4 Å². The molecule has 11 heteroatoms. The maximum Gasteiger partial charge on any atom is 0.261 e. The van der Waals surface area contributed by atoms with Gasteiger partial charge < -0.3 is 10.1 Å². The summed E-state index contributed by atoms with van der Waals surface area (Å²) < 4.78 is 31.0. The predicted octanol–water partition coefficient (Wildman–Crippen LogP) is 4.12. The van der Waals surface area contributed by atoms with Crippen molar-refractivity contribution in [3.63, 3.8) is 0 Å².